The third-order valence-corrected chi connectivity index (χ3v) is 4.32. The molecule has 1 aliphatic rings. The van der Waals surface area contributed by atoms with E-state index in [-0.39, 0.29) is 11.8 Å². The Balaban J connectivity index is 1.86. The van der Waals surface area contributed by atoms with Gasteiger partial charge in [-0.05, 0) is 29.9 Å². The number of hydrogen-bond acceptors (Lipinski definition) is 2. The van der Waals surface area contributed by atoms with Crippen molar-refractivity contribution in [1.29, 1.82) is 0 Å². The molecule has 2 unspecified atom stereocenters. The number of thiophene rings is 1. The molecule has 1 saturated carbocycles. The molecule has 1 N–H and O–H groups in total. The van der Waals surface area contributed by atoms with Gasteiger partial charge in [-0.1, -0.05) is 31.2 Å². The van der Waals surface area contributed by atoms with Crippen LogP contribution in [0.15, 0.2) is 41.8 Å². The number of hydrogen-bond donors (Lipinski definition) is 1. The van der Waals surface area contributed by atoms with Crippen LogP contribution < -0.4 is 5.32 Å². The largest absolute Gasteiger partial charge is 0.325 e. The van der Waals surface area contributed by atoms with Gasteiger partial charge in [0.15, 0.2) is 0 Å². The Labute approximate surface area is 111 Å². The molecule has 1 aliphatic carbocycles. The van der Waals surface area contributed by atoms with Crippen LogP contribution in [0.5, 0.6) is 0 Å². The number of carbonyl (C=O) groups is 1. The van der Waals surface area contributed by atoms with Gasteiger partial charge in [0, 0.05) is 22.0 Å². The maximum atomic E-state index is 12.0. The smallest absolute Gasteiger partial charge is 0.227 e. The van der Waals surface area contributed by atoms with Gasteiger partial charge < -0.3 is 5.32 Å². The van der Waals surface area contributed by atoms with E-state index in [1.165, 1.54) is 4.88 Å². The van der Waals surface area contributed by atoms with E-state index in [4.69, 9.17) is 0 Å². The summed E-state index contributed by atoms with van der Waals surface area (Å²) in [6.07, 6.45) is 1.02. The molecule has 0 radical (unpaired) electrons. The lowest BCUT2D eigenvalue weighted by atomic mass is 10.1. The molecule has 1 aromatic carbocycles. The van der Waals surface area contributed by atoms with Gasteiger partial charge in [-0.25, -0.2) is 0 Å². The summed E-state index contributed by atoms with van der Waals surface area (Å²) in [6.45, 7) is 2.12. The number of para-hydroxylation sites is 1. The maximum Gasteiger partial charge on any atom is 0.227 e. The van der Waals surface area contributed by atoms with Crippen molar-refractivity contribution in [2.75, 3.05) is 5.32 Å². The molecule has 18 heavy (non-hydrogen) atoms. The van der Waals surface area contributed by atoms with Crippen molar-refractivity contribution in [3.8, 4) is 10.4 Å². The topological polar surface area (TPSA) is 29.1 Å². The molecule has 2 aromatic rings. The Morgan fingerprint density at radius 3 is 2.72 bits per heavy atom. The highest BCUT2D eigenvalue weighted by Crippen LogP contribution is 2.39. The first-order chi connectivity index (χ1) is 8.75. The fourth-order valence-electron chi connectivity index (χ4n) is 2.15. The van der Waals surface area contributed by atoms with E-state index in [1.54, 1.807) is 11.3 Å². The summed E-state index contributed by atoms with van der Waals surface area (Å²) in [7, 11) is 0. The SMILES string of the molecule is CC1CC1C(=O)Nc1ccccc1-c1cccs1. The van der Waals surface area contributed by atoms with E-state index in [0.717, 1.165) is 17.7 Å². The van der Waals surface area contributed by atoms with Crippen LogP contribution in [0.25, 0.3) is 10.4 Å². The predicted octanol–water partition coefficient (Wildman–Crippen LogP) is 4.01. The molecule has 1 fully saturated rings. The molecule has 3 heteroatoms. The zero-order valence-electron chi connectivity index (χ0n) is 10.2. The second-order valence-corrected chi connectivity index (χ2v) is 5.78. The highest BCUT2D eigenvalue weighted by Gasteiger charge is 2.39. The van der Waals surface area contributed by atoms with Gasteiger partial charge in [0.25, 0.3) is 0 Å². The van der Waals surface area contributed by atoms with Crippen LogP contribution in [0, 0.1) is 11.8 Å². The molecular weight excluding hydrogens is 242 g/mol. The van der Waals surface area contributed by atoms with Crippen molar-refractivity contribution in [1.82, 2.24) is 0 Å². The quantitative estimate of drug-likeness (QED) is 0.884. The van der Waals surface area contributed by atoms with Gasteiger partial charge in [-0.15, -0.1) is 11.3 Å². The molecule has 0 saturated heterocycles. The lowest BCUT2D eigenvalue weighted by Gasteiger charge is -2.09. The summed E-state index contributed by atoms with van der Waals surface area (Å²) >= 11 is 1.69. The molecule has 1 heterocycles. The molecule has 2 nitrogen and oxygen atoms in total. The molecule has 0 aliphatic heterocycles. The van der Waals surface area contributed by atoms with Crippen LogP contribution in [-0.2, 0) is 4.79 Å². The fourth-order valence-corrected chi connectivity index (χ4v) is 2.92. The predicted molar refractivity (Wildman–Crippen MR) is 75.7 cm³/mol. The number of rotatable bonds is 3. The lowest BCUT2D eigenvalue weighted by molar-refractivity contribution is -0.117. The monoisotopic (exact) mass is 257 g/mol. The van der Waals surface area contributed by atoms with Crippen LogP contribution in [0.1, 0.15) is 13.3 Å². The van der Waals surface area contributed by atoms with Crippen molar-refractivity contribution in [3.63, 3.8) is 0 Å². The van der Waals surface area contributed by atoms with Crippen molar-refractivity contribution in [3.05, 3.63) is 41.8 Å². The maximum absolute atomic E-state index is 12.0. The Kier molecular flexibility index (Phi) is 2.92. The van der Waals surface area contributed by atoms with E-state index in [0.29, 0.717) is 5.92 Å². The first-order valence-corrected chi connectivity index (χ1v) is 7.07. The van der Waals surface area contributed by atoms with Crippen LogP contribution >= 0.6 is 11.3 Å². The van der Waals surface area contributed by atoms with Gasteiger partial charge in [-0.3, -0.25) is 4.79 Å². The summed E-state index contributed by atoms with van der Waals surface area (Å²) in [5.41, 5.74) is 2.03. The zero-order chi connectivity index (χ0) is 12.5. The van der Waals surface area contributed by atoms with Gasteiger partial charge in [0.2, 0.25) is 5.91 Å². The molecule has 3 rings (SSSR count). The minimum absolute atomic E-state index is 0.159. The molecule has 2 atom stereocenters. The Morgan fingerprint density at radius 1 is 1.28 bits per heavy atom. The Hall–Kier alpha value is -1.61. The Bertz CT molecular complexity index is 562. The minimum Gasteiger partial charge on any atom is -0.325 e. The summed E-state index contributed by atoms with van der Waals surface area (Å²) in [5, 5.41) is 5.11. The van der Waals surface area contributed by atoms with Gasteiger partial charge >= 0.3 is 0 Å². The van der Waals surface area contributed by atoms with Crippen molar-refractivity contribution >= 4 is 22.9 Å². The molecule has 92 valence electrons. The van der Waals surface area contributed by atoms with E-state index in [9.17, 15) is 4.79 Å². The minimum atomic E-state index is 0.159. The molecule has 0 bridgehead atoms. The number of carbonyl (C=O) groups excluding carboxylic acids is 1. The van der Waals surface area contributed by atoms with Crippen LogP contribution in [-0.4, -0.2) is 5.91 Å². The molecule has 1 amide bonds. The second-order valence-electron chi connectivity index (χ2n) is 4.83. The molecule has 1 aromatic heterocycles. The normalized spacial score (nSPS) is 21.6. The second kappa shape index (κ2) is 4.58. The fraction of sp³-hybridized carbons (Fsp3) is 0.267. The number of anilines is 1. The van der Waals surface area contributed by atoms with Crippen molar-refractivity contribution in [2.24, 2.45) is 11.8 Å². The average molecular weight is 257 g/mol. The first kappa shape index (κ1) is 11.5. The summed E-state index contributed by atoms with van der Waals surface area (Å²) < 4.78 is 0. The third kappa shape index (κ3) is 2.18. The summed E-state index contributed by atoms with van der Waals surface area (Å²) in [5.74, 6) is 0.909. The third-order valence-electron chi connectivity index (χ3n) is 3.42. The van der Waals surface area contributed by atoms with Crippen LogP contribution in [0.2, 0.25) is 0 Å². The van der Waals surface area contributed by atoms with E-state index in [1.807, 2.05) is 24.3 Å². The highest BCUT2D eigenvalue weighted by atomic mass is 32.1. The van der Waals surface area contributed by atoms with Crippen molar-refractivity contribution in [2.45, 2.75) is 13.3 Å². The average Bonchev–Trinajstić information content (AvgIpc) is 2.91. The number of amides is 1. The van der Waals surface area contributed by atoms with Gasteiger partial charge in [0.05, 0.1) is 0 Å². The first-order valence-electron chi connectivity index (χ1n) is 6.19. The molecular formula is C15H15NOS. The van der Waals surface area contributed by atoms with Crippen LogP contribution in [0.4, 0.5) is 5.69 Å². The van der Waals surface area contributed by atoms with Crippen molar-refractivity contribution < 1.29 is 4.79 Å². The van der Waals surface area contributed by atoms with Crippen LogP contribution in [0.3, 0.4) is 0 Å². The van der Waals surface area contributed by atoms with E-state index < -0.39 is 0 Å². The zero-order valence-corrected chi connectivity index (χ0v) is 11.0. The number of benzene rings is 1. The summed E-state index contributed by atoms with van der Waals surface area (Å²) in [4.78, 5) is 13.2. The standard InChI is InChI=1S/C15H15NOS/c1-10-9-12(10)15(17)16-13-6-3-2-5-11(13)14-7-4-8-18-14/h2-8,10,12H,9H2,1H3,(H,16,17). The van der Waals surface area contributed by atoms with E-state index >= 15 is 0 Å². The number of nitrogens with one attached hydrogen (secondary N) is 1. The van der Waals surface area contributed by atoms with Gasteiger partial charge in [-0.2, -0.15) is 0 Å². The highest BCUT2D eigenvalue weighted by molar-refractivity contribution is 7.13. The van der Waals surface area contributed by atoms with E-state index in [2.05, 4.69) is 29.8 Å². The lowest BCUT2D eigenvalue weighted by Crippen LogP contribution is -2.14. The Morgan fingerprint density at radius 2 is 2.06 bits per heavy atom. The molecule has 0 spiro atoms. The summed E-state index contributed by atoms with van der Waals surface area (Å²) in [6, 6.07) is 12.1. The van der Waals surface area contributed by atoms with Gasteiger partial charge in [0.1, 0.15) is 0 Å².